The number of aromatic nitrogens is 2. The van der Waals surface area contributed by atoms with Gasteiger partial charge in [-0.15, -0.1) is 0 Å². The van der Waals surface area contributed by atoms with E-state index in [1.807, 2.05) is 0 Å². The lowest BCUT2D eigenvalue weighted by Crippen LogP contribution is -2.48. The number of anilines is 1. The maximum absolute atomic E-state index is 12.5. The fourth-order valence-corrected chi connectivity index (χ4v) is 5.68. The first kappa shape index (κ1) is 25.5. The first-order valence-corrected chi connectivity index (χ1v) is 13.6. The zero-order chi connectivity index (χ0) is 25.0. The predicted molar refractivity (Wildman–Crippen MR) is 136 cm³/mol. The highest BCUT2D eigenvalue weighted by Crippen LogP contribution is 2.27. The third kappa shape index (κ3) is 6.53. The first-order valence-electron chi connectivity index (χ1n) is 11.0. The molecule has 2 heterocycles. The van der Waals surface area contributed by atoms with Crippen LogP contribution in [0.15, 0.2) is 47.4 Å². The maximum atomic E-state index is 12.5. The first-order chi connectivity index (χ1) is 16.7. The number of piperazine rings is 1. The molecule has 0 spiro atoms. The molecule has 0 atom stereocenters. The third-order valence-electron chi connectivity index (χ3n) is 5.73. The Bertz CT molecular complexity index is 1290. The molecule has 2 aromatic carbocycles. The molecule has 35 heavy (non-hydrogen) atoms. The van der Waals surface area contributed by atoms with E-state index in [4.69, 9.17) is 16.6 Å². The number of halogens is 1. The number of rotatable bonds is 9. The smallest absolute Gasteiger partial charge is 0.289 e. The third-order valence-corrected chi connectivity index (χ3v) is 8.32. The van der Waals surface area contributed by atoms with Crippen molar-refractivity contribution in [2.45, 2.75) is 18.2 Å². The van der Waals surface area contributed by atoms with Gasteiger partial charge in [-0.25, -0.2) is 18.1 Å². The number of nitrogens with zero attached hydrogens (tertiary/aromatic N) is 5. The van der Waals surface area contributed by atoms with Crippen LogP contribution >= 0.6 is 23.1 Å². The van der Waals surface area contributed by atoms with E-state index in [2.05, 4.69) is 50.1 Å². The van der Waals surface area contributed by atoms with E-state index in [0.29, 0.717) is 13.0 Å². The number of hydrogen-bond donors (Lipinski definition) is 1. The molecule has 0 bridgehead atoms. The minimum Gasteiger partial charge on any atom is -0.344 e. The summed E-state index contributed by atoms with van der Waals surface area (Å²) in [4.78, 5) is 19.2. The molecule has 13 heteroatoms. The van der Waals surface area contributed by atoms with Crippen LogP contribution < -0.4 is 9.62 Å². The van der Waals surface area contributed by atoms with Crippen molar-refractivity contribution in [3.8, 4) is 0 Å². The fraction of sp³-hybridized carbons (Fsp3) is 0.364. The highest BCUT2D eigenvalue weighted by atomic mass is 35.5. The van der Waals surface area contributed by atoms with Gasteiger partial charge in [0.25, 0.3) is 5.69 Å². The summed E-state index contributed by atoms with van der Waals surface area (Å²) in [6, 6.07) is 11.8. The lowest BCUT2D eigenvalue weighted by Gasteiger charge is -2.34. The summed E-state index contributed by atoms with van der Waals surface area (Å²) in [5.74, 6) is 0.813. The molecule has 1 saturated heterocycles. The van der Waals surface area contributed by atoms with Gasteiger partial charge in [0.05, 0.1) is 9.82 Å². The maximum Gasteiger partial charge on any atom is 0.289 e. The SMILES string of the molecule is Cc1ccc(Cc2nsc(N3CCN(CCNS(=O)(=O)c4ccc(Cl)c([N+](=O)[O-])c4)CC3)n2)cc1. The van der Waals surface area contributed by atoms with E-state index in [1.54, 1.807) is 0 Å². The van der Waals surface area contributed by atoms with Crippen LogP contribution in [0.5, 0.6) is 0 Å². The molecule has 1 fully saturated rings. The number of sulfonamides is 1. The molecule has 1 N–H and O–H groups in total. The summed E-state index contributed by atoms with van der Waals surface area (Å²) in [5.41, 5.74) is 1.96. The Morgan fingerprint density at radius 2 is 1.86 bits per heavy atom. The Morgan fingerprint density at radius 3 is 2.54 bits per heavy atom. The second-order valence-electron chi connectivity index (χ2n) is 8.25. The van der Waals surface area contributed by atoms with Crippen molar-refractivity contribution in [2.75, 3.05) is 44.2 Å². The molecule has 3 aromatic rings. The summed E-state index contributed by atoms with van der Waals surface area (Å²) < 4.78 is 32.1. The number of nitro benzene ring substituents is 1. The summed E-state index contributed by atoms with van der Waals surface area (Å²) in [5, 5.41) is 11.8. The van der Waals surface area contributed by atoms with Crippen LogP contribution in [-0.4, -0.2) is 66.9 Å². The Kier molecular flexibility index (Phi) is 7.97. The van der Waals surface area contributed by atoms with E-state index in [1.165, 1.54) is 34.8 Å². The van der Waals surface area contributed by atoms with Gasteiger partial charge >= 0.3 is 0 Å². The highest BCUT2D eigenvalue weighted by molar-refractivity contribution is 7.89. The molecule has 0 radical (unpaired) electrons. The van der Waals surface area contributed by atoms with Gasteiger partial charge in [0.15, 0.2) is 0 Å². The van der Waals surface area contributed by atoms with Crippen LogP contribution in [0, 0.1) is 17.0 Å². The molecule has 1 aliphatic rings. The van der Waals surface area contributed by atoms with Crippen LogP contribution in [0.3, 0.4) is 0 Å². The van der Waals surface area contributed by atoms with Crippen LogP contribution in [0.2, 0.25) is 5.02 Å². The summed E-state index contributed by atoms with van der Waals surface area (Å²) in [6.07, 6.45) is 0.702. The second kappa shape index (κ2) is 11.0. The van der Waals surface area contributed by atoms with Gasteiger partial charge in [0.1, 0.15) is 10.8 Å². The van der Waals surface area contributed by atoms with Crippen LogP contribution in [0.4, 0.5) is 10.8 Å². The molecule has 0 saturated carbocycles. The van der Waals surface area contributed by atoms with Gasteiger partial charge in [-0.05, 0) is 24.6 Å². The normalized spacial score (nSPS) is 14.9. The second-order valence-corrected chi connectivity index (χ2v) is 11.2. The Morgan fingerprint density at radius 1 is 1.14 bits per heavy atom. The predicted octanol–water partition coefficient (Wildman–Crippen LogP) is 3.10. The van der Waals surface area contributed by atoms with Crippen molar-refractivity contribution in [3.63, 3.8) is 0 Å². The van der Waals surface area contributed by atoms with E-state index >= 15 is 0 Å². The van der Waals surface area contributed by atoms with Gasteiger partial charge in [0.2, 0.25) is 15.2 Å². The summed E-state index contributed by atoms with van der Waals surface area (Å²) in [7, 11) is -3.88. The van der Waals surface area contributed by atoms with Gasteiger partial charge in [-0.3, -0.25) is 15.0 Å². The Hall–Kier alpha value is -2.64. The number of nitro groups is 1. The molecule has 0 unspecified atom stereocenters. The van der Waals surface area contributed by atoms with Crippen molar-refractivity contribution in [1.29, 1.82) is 0 Å². The van der Waals surface area contributed by atoms with Gasteiger partial charge in [0, 0.05) is 63.3 Å². The van der Waals surface area contributed by atoms with Gasteiger partial charge in [-0.2, -0.15) is 4.37 Å². The molecule has 0 aliphatic carbocycles. The van der Waals surface area contributed by atoms with Gasteiger partial charge in [-0.1, -0.05) is 41.4 Å². The quantitative estimate of drug-likeness (QED) is 0.327. The number of aryl methyl sites for hydroxylation is 1. The molecular formula is C22H25ClN6O4S2. The minimum absolute atomic E-state index is 0.107. The fourth-order valence-electron chi connectivity index (χ4n) is 3.72. The molecular weight excluding hydrogens is 512 g/mol. The van der Waals surface area contributed by atoms with Crippen molar-refractivity contribution < 1.29 is 13.3 Å². The number of hydrogen-bond acceptors (Lipinski definition) is 9. The Balaban J connectivity index is 1.25. The van der Waals surface area contributed by atoms with Crippen molar-refractivity contribution in [2.24, 2.45) is 0 Å². The molecule has 1 aromatic heterocycles. The molecule has 186 valence electrons. The number of nitrogens with one attached hydrogen (secondary N) is 1. The standard InChI is InChI=1S/C22H25ClN6O4S2/c1-16-2-4-17(5-3-16)14-21-25-22(34-26-21)28-12-10-27(11-13-28)9-8-24-35(32,33)18-6-7-19(23)20(15-18)29(30)31/h2-7,15,24H,8-14H2,1H3. The van der Waals surface area contributed by atoms with Crippen molar-refractivity contribution in [1.82, 2.24) is 19.0 Å². The van der Waals surface area contributed by atoms with Crippen LogP contribution in [-0.2, 0) is 16.4 Å². The largest absolute Gasteiger partial charge is 0.344 e. The van der Waals surface area contributed by atoms with E-state index in [0.717, 1.165) is 43.2 Å². The molecule has 1 aliphatic heterocycles. The van der Waals surface area contributed by atoms with E-state index in [-0.39, 0.29) is 16.5 Å². The highest BCUT2D eigenvalue weighted by Gasteiger charge is 2.23. The number of benzene rings is 2. The lowest BCUT2D eigenvalue weighted by atomic mass is 10.1. The molecule has 10 nitrogen and oxygen atoms in total. The monoisotopic (exact) mass is 536 g/mol. The van der Waals surface area contributed by atoms with E-state index < -0.39 is 20.6 Å². The van der Waals surface area contributed by atoms with Crippen LogP contribution in [0.1, 0.15) is 17.0 Å². The van der Waals surface area contributed by atoms with Crippen molar-refractivity contribution in [3.05, 3.63) is 74.6 Å². The van der Waals surface area contributed by atoms with Crippen molar-refractivity contribution >= 4 is 44.0 Å². The minimum atomic E-state index is -3.88. The average molecular weight is 537 g/mol. The van der Waals surface area contributed by atoms with Gasteiger partial charge < -0.3 is 4.90 Å². The zero-order valence-electron chi connectivity index (χ0n) is 19.1. The lowest BCUT2D eigenvalue weighted by molar-refractivity contribution is -0.384. The van der Waals surface area contributed by atoms with E-state index in [9.17, 15) is 18.5 Å². The molecule has 0 amide bonds. The summed E-state index contributed by atoms with van der Waals surface area (Å²) >= 11 is 7.17. The topological polar surface area (TPSA) is 122 Å². The average Bonchev–Trinajstić information content (AvgIpc) is 3.29. The summed E-state index contributed by atoms with van der Waals surface area (Å²) in [6.45, 7) is 5.85. The zero-order valence-corrected chi connectivity index (χ0v) is 21.4. The Labute approximate surface area is 212 Å². The van der Waals surface area contributed by atoms with Crippen LogP contribution in [0.25, 0.3) is 0 Å². The molecule has 4 rings (SSSR count).